The third kappa shape index (κ3) is 6.71. The summed E-state index contributed by atoms with van der Waals surface area (Å²) < 4.78 is 6.06. The summed E-state index contributed by atoms with van der Waals surface area (Å²) in [7, 11) is 0. The van der Waals surface area contributed by atoms with E-state index in [-0.39, 0.29) is 0 Å². The molecule has 4 aromatic rings. The van der Waals surface area contributed by atoms with Crippen LogP contribution in [0.1, 0.15) is 36.1 Å². The van der Waals surface area contributed by atoms with Gasteiger partial charge in [0.25, 0.3) is 0 Å². The van der Waals surface area contributed by atoms with E-state index in [1.807, 2.05) is 0 Å². The first-order valence-electron chi connectivity index (χ1n) is 12.6. The molecule has 2 heteroatoms. The zero-order valence-electron chi connectivity index (χ0n) is 20.9. The summed E-state index contributed by atoms with van der Waals surface area (Å²) in [6.07, 6.45) is 0.858. The van der Waals surface area contributed by atoms with Crippen molar-refractivity contribution in [2.75, 3.05) is 26.2 Å². The summed E-state index contributed by atoms with van der Waals surface area (Å²) >= 11 is 0. The number of nitrogens with zero attached hydrogens (tertiary/aromatic N) is 1. The van der Waals surface area contributed by atoms with Crippen molar-refractivity contribution in [3.63, 3.8) is 0 Å². The van der Waals surface area contributed by atoms with Crippen molar-refractivity contribution in [2.24, 2.45) is 0 Å². The number of allylic oxidation sites excluding steroid dienone is 1. The van der Waals surface area contributed by atoms with Crippen LogP contribution in [0.5, 0.6) is 5.75 Å². The van der Waals surface area contributed by atoms with Gasteiger partial charge in [-0.15, -0.1) is 0 Å². The van der Waals surface area contributed by atoms with Crippen LogP contribution in [0.3, 0.4) is 0 Å². The van der Waals surface area contributed by atoms with Crippen LogP contribution < -0.4 is 4.74 Å². The van der Waals surface area contributed by atoms with Gasteiger partial charge in [-0.2, -0.15) is 0 Å². The van der Waals surface area contributed by atoms with Crippen molar-refractivity contribution in [2.45, 2.75) is 20.3 Å². The first-order valence-corrected chi connectivity index (χ1v) is 12.6. The molecule has 0 saturated heterocycles. The second kappa shape index (κ2) is 12.7. The van der Waals surface area contributed by atoms with E-state index in [1.165, 1.54) is 33.4 Å². The third-order valence-corrected chi connectivity index (χ3v) is 6.42. The average molecular weight is 462 g/mol. The van der Waals surface area contributed by atoms with Gasteiger partial charge < -0.3 is 9.64 Å². The van der Waals surface area contributed by atoms with Crippen LogP contribution in [0.15, 0.2) is 115 Å². The van der Waals surface area contributed by atoms with Crippen LogP contribution in [-0.2, 0) is 6.42 Å². The second-order valence-corrected chi connectivity index (χ2v) is 8.65. The lowest BCUT2D eigenvalue weighted by molar-refractivity contribution is 0.223. The van der Waals surface area contributed by atoms with Gasteiger partial charge in [-0.3, -0.25) is 0 Å². The molecule has 4 aromatic carbocycles. The number of benzene rings is 4. The van der Waals surface area contributed by atoms with E-state index in [1.54, 1.807) is 0 Å². The lowest BCUT2D eigenvalue weighted by atomic mass is 9.86. The van der Waals surface area contributed by atoms with Crippen LogP contribution in [0.25, 0.3) is 11.1 Å². The Bertz CT molecular complexity index is 1180. The zero-order valence-corrected chi connectivity index (χ0v) is 20.9. The van der Waals surface area contributed by atoms with Crippen LogP contribution in [0, 0.1) is 0 Å². The third-order valence-electron chi connectivity index (χ3n) is 6.42. The monoisotopic (exact) mass is 461 g/mol. The molecule has 2 nitrogen and oxygen atoms in total. The summed E-state index contributed by atoms with van der Waals surface area (Å²) in [4.78, 5) is 2.38. The highest BCUT2D eigenvalue weighted by Gasteiger charge is 2.15. The maximum absolute atomic E-state index is 6.06. The van der Waals surface area contributed by atoms with E-state index in [9.17, 15) is 0 Å². The Morgan fingerprint density at radius 3 is 1.69 bits per heavy atom. The first-order chi connectivity index (χ1) is 17.3. The molecule has 0 N–H and O–H groups in total. The van der Waals surface area contributed by atoms with E-state index in [0.29, 0.717) is 6.61 Å². The fraction of sp³-hybridized carbons (Fsp3) is 0.212. The topological polar surface area (TPSA) is 12.5 Å². The Kier molecular flexibility index (Phi) is 8.91. The molecular formula is C33H35NO. The molecule has 0 fully saturated rings. The second-order valence-electron chi connectivity index (χ2n) is 8.65. The van der Waals surface area contributed by atoms with Crippen molar-refractivity contribution in [3.8, 4) is 5.75 Å². The molecule has 0 aliphatic rings. The van der Waals surface area contributed by atoms with Gasteiger partial charge >= 0.3 is 0 Å². The summed E-state index contributed by atoms with van der Waals surface area (Å²) in [5, 5.41) is 0. The first kappa shape index (κ1) is 24.5. The van der Waals surface area contributed by atoms with Crippen molar-refractivity contribution in [1.29, 1.82) is 0 Å². The van der Waals surface area contributed by atoms with E-state index >= 15 is 0 Å². The molecule has 0 heterocycles. The van der Waals surface area contributed by atoms with Gasteiger partial charge in [0.05, 0.1) is 0 Å². The van der Waals surface area contributed by atoms with Gasteiger partial charge in [0.15, 0.2) is 0 Å². The van der Waals surface area contributed by atoms with Gasteiger partial charge in [0.1, 0.15) is 12.4 Å². The molecule has 0 atom stereocenters. The van der Waals surface area contributed by atoms with Crippen molar-refractivity contribution in [1.82, 2.24) is 4.90 Å². The van der Waals surface area contributed by atoms with Crippen LogP contribution in [-0.4, -0.2) is 31.1 Å². The SMILES string of the molecule is CCN(CC)CCOc1ccc(C(=C(Cc2ccccc2)c2ccccc2)c2ccccc2)cc1. The smallest absolute Gasteiger partial charge is 0.119 e. The quantitative estimate of drug-likeness (QED) is 0.213. The van der Waals surface area contributed by atoms with E-state index < -0.39 is 0 Å². The molecule has 178 valence electrons. The lowest BCUT2D eigenvalue weighted by Gasteiger charge is -2.19. The van der Waals surface area contributed by atoms with Crippen molar-refractivity contribution >= 4 is 11.1 Å². The Hall–Kier alpha value is -3.62. The fourth-order valence-electron chi connectivity index (χ4n) is 4.44. The van der Waals surface area contributed by atoms with Crippen LogP contribution in [0.4, 0.5) is 0 Å². The molecule has 0 spiro atoms. The van der Waals surface area contributed by atoms with Gasteiger partial charge in [-0.25, -0.2) is 0 Å². The van der Waals surface area contributed by atoms with Gasteiger partial charge in [-0.1, -0.05) is 117 Å². The fourth-order valence-corrected chi connectivity index (χ4v) is 4.44. The summed E-state index contributed by atoms with van der Waals surface area (Å²) in [6.45, 7) is 8.12. The molecule has 0 aliphatic heterocycles. The summed E-state index contributed by atoms with van der Waals surface area (Å²) in [5.41, 5.74) is 7.54. The number of likely N-dealkylation sites (N-methyl/N-ethyl adjacent to an activating group) is 1. The Labute approximate surface area is 210 Å². The predicted molar refractivity (Wildman–Crippen MR) is 149 cm³/mol. The largest absolute Gasteiger partial charge is 0.492 e. The Morgan fingerprint density at radius 1 is 0.600 bits per heavy atom. The minimum atomic E-state index is 0.700. The van der Waals surface area contributed by atoms with E-state index in [0.717, 1.165) is 31.8 Å². The maximum Gasteiger partial charge on any atom is 0.119 e. The normalized spacial score (nSPS) is 11.9. The van der Waals surface area contributed by atoms with E-state index in [4.69, 9.17) is 4.74 Å². The van der Waals surface area contributed by atoms with Gasteiger partial charge in [0, 0.05) is 6.54 Å². The molecule has 0 aromatic heterocycles. The maximum atomic E-state index is 6.06. The highest BCUT2D eigenvalue weighted by atomic mass is 16.5. The number of hydrogen-bond donors (Lipinski definition) is 0. The summed E-state index contributed by atoms with van der Waals surface area (Å²) in [6, 6.07) is 40.8. The molecular weight excluding hydrogens is 426 g/mol. The molecule has 0 amide bonds. The molecule has 0 unspecified atom stereocenters. The molecule has 0 saturated carbocycles. The molecule has 0 bridgehead atoms. The molecule has 0 radical (unpaired) electrons. The van der Waals surface area contributed by atoms with Gasteiger partial charge in [-0.05, 0) is 65.0 Å². The van der Waals surface area contributed by atoms with Crippen molar-refractivity contribution < 1.29 is 4.74 Å². The standard InChI is InChI=1S/C33H35NO/c1-3-34(4-2)24-25-35-31-22-20-30(21-23-31)33(29-18-12-7-13-19-29)32(28-16-10-6-11-17-28)26-27-14-8-5-9-15-27/h5-23H,3-4,24-26H2,1-2H3. The highest BCUT2D eigenvalue weighted by molar-refractivity contribution is 5.99. The molecule has 35 heavy (non-hydrogen) atoms. The molecule has 0 aliphatic carbocycles. The predicted octanol–water partition coefficient (Wildman–Crippen LogP) is 7.61. The van der Waals surface area contributed by atoms with Gasteiger partial charge in [0.2, 0.25) is 0 Å². The minimum Gasteiger partial charge on any atom is -0.492 e. The van der Waals surface area contributed by atoms with Crippen LogP contribution >= 0.6 is 0 Å². The van der Waals surface area contributed by atoms with E-state index in [2.05, 4.69) is 134 Å². The number of ether oxygens (including phenoxy) is 1. The average Bonchev–Trinajstić information content (AvgIpc) is 2.93. The minimum absolute atomic E-state index is 0.700. The Balaban J connectivity index is 1.73. The molecule has 4 rings (SSSR count). The number of rotatable bonds is 11. The zero-order chi connectivity index (χ0) is 24.3. The lowest BCUT2D eigenvalue weighted by Crippen LogP contribution is -2.27. The highest BCUT2D eigenvalue weighted by Crippen LogP contribution is 2.35. The Morgan fingerprint density at radius 2 is 1.11 bits per heavy atom. The van der Waals surface area contributed by atoms with Crippen LogP contribution in [0.2, 0.25) is 0 Å². The van der Waals surface area contributed by atoms with Crippen molar-refractivity contribution in [3.05, 3.63) is 138 Å². The number of hydrogen-bond acceptors (Lipinski definition) is 2. The summed E-state index contributed by atoms with van der Waals surface area (Å²) in [5.74, 6) is 0.914.